The topological polar surface area (TPSA) is 61.3 Å². The Bertz CT molecular complexity index is 315. The predicted molar refractivity (Wildman–Crippen MR) is 49.6 cm³/mol. The van der Waals surface area contributed by atoms with Gasteiger partial charge in [-0.3, -0.25) is 0 Å². The van der Waals surface area contributed by atoms with Crippen LogP contribution in [0.15, 0.2) is 18.2 Å². The summed E-state index contributed by atoms with van der Waals surface area (Å²) < 4.78 is 5.12. The van der Waals surface area contributed by atoms with Gasteiger partial charge in [0.2, 0.25) is 0 Å². The normalized spacial score (nSPS) is 8.92. The van der Waals surface area contributed by atoms with Gasteiger partial charge in [-0.05, 0) is 18.2 Å². The molecule has 0 aliphatic heterocycles. The van der Waals surface area contributed by atoms with Crippen molar-refractivity contribution in [3.05, 3.63) is 18.2 Å². The summed E-state index contributed by atoms with van der Waals surface area (Å²) >= 11 is 0. The Hall–Kier alpha value is -1.82. The summed E-state index contributed by atoms with van der Waals surface area (Å²) in [6.45, 7) is 0.216. The molecule has 0 aliphatic rings. The Morgan fingerprint density at radius 1 is 1.42 bits per heavy atom. The average molecular weight is 162 g/mol. The van der Waals surface area contributed by atoms with Crippen LogP contribution in [0.1, 0.15) is 0 Å². The molecule has 3 nitrogen and oxygen atoms in total. The van der Waals surface area contributed by atoms with E-state index < -0.39 is 0 Å². The second-order valence-corrected chi connectivity index (χ2v) is 2.29. The average Bonchev–Trinajstić information content (AvgIpc) is 2.03. The van der Waals surface area contributed by atoms with E-state index in [2.05, 4.69) is 5.92 Å². The third-order valence-electron chi connectivity index (χ3n) is 1.34. The zero-order valence-corrected chi connectivity index (χ0v) is 6.58. The Morgan fingerprint density at radius 2 is 2.17 bits per heavy atom. The van der Waals surface area contributed by atoms with Crippen molar-refractivity contribution < 1.29 is 4.74 Å². The van der Waals surface area contributed by atoms with Crippen molar-refractivity contribution in [3.8, 4) is 18.1 Å². The van der Waals surface area contributed by atoms with Gasteiger partial charge in [-0.15, -0.1) is 6.42 Å². The lowest BCUT2D eigenvalue weighted by Gasteiger charge is -2.05. The summed E-state index contributed by atoms with van der Waals surface area (Å²) in [5, 5.41) is 0. The van der Waals surface area contributed by atoms with Crippen molar-refractivity contribution >= 4 is 11.4 Å². The Balaban J connectivity index is 2.81. The number of rotatable bonds is 2. The van der Waals surface area contributed by atoms with Gasteiger partial charge >= 0.3 is 0 Å². The molecule has 0 radical (unpaired) electrons. The summed E-state index contributed by atoms with van der Waals surface area (Å²) in [5.74, 6) is 2.92. The van der Waals surface area contributed by atoms with Gasteiger partial charge in [0.15, 0.2) is 0 Å². The number of nitrogen functional groups attached to an aromatic ring is 2. The predicted octanol–water partition coefficient (Wildman–Crippen LogP) is 0.863. The molecule has 62 valence electrons. The highest BCUT2D eigenvalue weighted by atomic mass is 16.5. The quantitative estimate of drug-likeness (QED) is 0.501. The minimum absolute atomic E-state index is 0.216. The fourth-order valence-corrected chi connectivity index (χ4v) is 0.818. The van der Waals surface area contributed by atoms with Crippen LogP contribution in [0.3, 0.4) is 0 Å². The molecule has 0 fully saturated rings. The maximum atomic E-state index is 5.59. The molecule has 0 spiro atoms. The number of terminal acetylenes is 1. The standard InChI is InChI=1S/C9H10N2O/c1-2-5-12-9-4-3-7(10)6-8(9)11/h1,3-4,6H,5,10-11H2. The van der Waals surface area contributed by atoms with Crippen LogP contribution in [0.25, 0.3) is 0 Å². The molecule has 0 bridgehead atoms. The first-order valence-electron chi connectivity index (χ1n) is 3.45. The molecule has 0 saturated heterocycles. The van der Waals surface area contributed by atoms with E-state index in [1.165, 1.54) is 0 Å². The molecule has 0 atom stereocenters. The molecule has 0 unspecified atom stereocenters. The Morgan fingerprint density at radius 3 is 2.75 bits per heavy atom. The number of benzene rings is 1. The van der Waals surface area contributed by atoms with Gasteiger partial charge in [-0.2, -0.15) is 0 Å². The Labute approximate surface area is 71.3 Å². The molecule has 0 amide bonds. The van der Waals surface area contributed by atoms with Crippen LogP contribution in [-0.2, 0) is 0 Å². The lowest BCUT2D eigenvalue weighted by atomic mass is 10.2. The molecule has 0 aliphatic carbocycles. The van der Waals surface area contributed by atoms with Gasteiger partial charge in [-0.1, -0.05) is 5.92 Å². The number of hydrogen-bond donors (Lipinski definition) is 2. The van der Waals surface area contributed by atoms with Gasteiger partial charge in [0.05, 0.1) is 5.69 Å². The minimum Gasteiger partial charge on any atom is -0.479 e. The smallest absolute Gasteiger partial charge is 0.148 e. The van der Waals surface area contributed by atoms with Crippen LogP contribution < -0.4 is 16.2 Å². The van der Waals surface area contributed by atoms with Crippen LogP contribution in [0.2, 0.25) is 0 Å². The maximum Gasteiger partial charge on any atom is 0.148 e. The van der Waals surface area contributed by atoms with Crippen molar-refractivity contribution in [3.63, 3.8) is 0 Å². The lowest BCUT2D eigenvalue weighted by molar-refractivity contribution is 0.372. The molecule has 4 N–H and O–H groups in total. The molecule has 12 heavy (non-hydrogen) atoms. The zero-order valence-electron chi connectivity index (χ0n) is 6.58. The van der Waals surface area contributed by atoms with Crippen molar-refractivity contribution in [2.24, 2.45) is 0 Å². The summed E-state index contributed by atoms with van der Waals surface area (Å²) in [6, 6.07) is 5.04. The van der Waals surface area contributed by atoms with E-state index in [4.69, 9.17) is 22.6 Å². The van der Waals surface area contributed by atoms with Gasteiger partial charge in [0, 0.05) is 5.69 Å². The zero-order chi connectivity index (χ0) is 8.97. The first-order chi connectivity index (χ1) is 5.74. The van der Waals surface area contributed by atoms with Crippen LogP contribution >= 0.6 is 0 Å². The lowest BCUT2D eigenvalue weighted by Crippen LogP contribution is -1.98. The second kappa shape index (κ2) is 3.54. The van der Waals surface area contributed by atoms with Crippen LogP contribution in [0.5, 0.6) is 5.75 Å². The first kappa shape index (κ1) is 8.28. The van der Waals surface area contributed by atoms with Crippen LogP contribution in [0.4, 0.5) is 11.4 Å². The number of hydrogen-bond acceptors (Lipinski definition) is 3. The highest BCUT2D eigenvalue weighted by molar-refractivity contribution is 5.60. The van der Waals surface area contributed by atoms with Gasteiger partial charge in [0.25, 0.3) is 0 Å². The van der Waals surface area contributed by atoms with E-state index in [1.54, 1.807) is 18.2 Å². The van der Waals surface area contributed by atoms with Gasteiger partial charge < -0.3 is 16.2 Å². The molecule has 1 aromatic carbocycles. The van der Waals surface area contributed by atoms with E-state index >= 15 is 0 Å². The summed E-state index contributed by atoms with van der Waals surface area (Å²) in [6.07, 6.45) is 5.02. The van der Waals surface area contributed by atoms with Crippen molar-refractivity contribution in [1.82, 2.24) is 0 Å². The highest BCUT2D eigenvalue weighted by Crippen LogP contribution is 2.23. The first-order valence-corrected chi connectivity index (χ1v) is 3.45. The van der Waals surface area contributed by atoms with E-state index in [0.717, 1.165) is 0 Å². The summed E-state index contributed by atoms with van der Waals surface area (Å²) in [5.41, 5.74) is 12.2. The molecule has 1 rings (SSSR count). The third kappa shape index (κ3) is 1.83. The molecule has 1 aromatic rings. The minimum atomic E-state index is 0.216. The molecule has 0 aromatic heterocycles. The van der Waals surface area contributed by atoms with Crippen LogP contribution in [0, 0.1) is 12.3 Å². The number of anilines is 2. The van der Waals surface area contributed by atoms with Crippen molar-refractivity contribution in [1.29, 1.82) is 0 Å². The Kier molecular flexibility index (Phi) is 2.44. The fraction of sp³-hybridized carbons (Fsp3) is 0.111. The molecular formula is C9H10N2O. The number of ether oxygens (including phenoxy) is 1. The van der Waals surface area contributed by atoms with Crippen molar-refractivity contribution in [2.75, 3.05) is 18.1 Å². The number of nitrogens with two attached hydrogens (primary N) is 2. The van der Waals surface area contributed by atoms with E-state index in [9.17, 15) is 0 Å². The molecule has 3 heteroatoms. The summed E-state index contributed by atoms with van der Waals surface area (Å²) in [7, 11) is 0. The van der Waals surface area contributed by atoms with Crippen LogP contribution in [-0.4, -0.2) is 6.61 Å². The second-order valence-electron chi connectivity index (χ2n) is 2.29. The highest BCUT2D eigenvalue weighted by Gasteiger charge is 1.98. The van der Waals surface area contributed by atoms with E-state index in [0.29, 0.717) is 17.1 Å². The molecular weight excluding hydrogens is 152 g/mol. The van der Waals surface area contributed by atoms with Gasteiger partial charge in [0.1, 0.15) is 12.4 Å². The fourth-order valence-electron chi connectivity index (χ4n) is 0.818. The molecule has 0 saturated carbocycles. The maximum absolute atomic E-state index is 5.59. The summed E-state index contributed by atoms with van der Waals surface area (Å²) in [4.78, 5) is 0. The van der Waals surface area contributed by atoms with Crippen molar-refractivity contribution in [2.45, 2.75) is 0 Å². The monoisotopic (exact) mass is 162 g/mol. The molecule has 0 heterocycles. The SMILES string of the molecule is C#CCOc1ccc(N)cc1N. The third-order valence-corrected chi connectivity index (χ3v) is 1.34. The van der Waals surface area contributed by atoms with Gasteiger partial charge in [-0.25, -0.2) is 0 Å². The van der Waals surface area contributed by atoms with E-state index in [-0.39, 0.29) is 6.61 Å². The van der Waals surface area contributed by atoms with E-state index in [1.807, 2.05) is 0 Å². The largest absolute Gasteiger partial charge is 0.479 e.